The Morgan fingerprint density at radius 2 is 1.59 bits per heavy atom. The van der Waals surface area contributed by atoms with Crippen molar-refractivity contribution in [1.82, 2.24) is 0 Å². The first-order valence-electron chi connectivity index (χ1n) is 13.2. The van der Waals surface area contributed by atoms with Gasteiger partial charge in [0.25, 0.3) is 0 Å². The first-order valence-corrected chi connectivity index (χ1v) is 13.2. The highest BCUT2D eigenvalue weighted by Crippen LogP contribution is 2.45. The minimum atomic E-state index is -0.880. The Morgan fingerprint density at radius 3 is 2.19 bits per heavy atom. The van der Waals surface area contributed by atoms with Crippen LogP contribution in [0.2, 0.25) is 0 Å². The quantitative estimate of drug-likeness (QED) is 0.256. The molecule has 2 aliphatic carbocycles. The third-order valence-corrected chi connectivity index (χ3v) is 8.07. The summed E-state index contributed by atoms with van der Waals surface area (Å²) >= 11 is 0. The maximum absolute atomic E-state index is 15.0. The zero-order valence-electron chi connectivity index (χ0n) is 20.2. The number of hydrogen-bond acceptors (Lipinski definition) is 1. The van der Waals surface area contributed by atoms with E-state index >= 15 is 0 Å². The second-order valence-electron chi connectivity index (χ2n) is 10.2. The van der Waals surface area contributed by atoms with Crippen LogP contribution in [0.25, 0.3) is 0 Å². The summed E-state index contributed by atoms with van der Waals surface area (Å²) in [6.45, 7) is 4.40. The molecular weight excluding hydrogens is 402 g/mol. The third kappa shape index (κ3) is 6.49. The molecule has 0 saturated heterocycles. The molecule has 32 heavy (non-hydrogen) atoms. The average molecular weight is 449 g/mol. The summed E-state index contributed by atoms with van der Waals surface area (Å²) in [5.74, 6) is 3.55. The molecule has 0 aromatic heterocycles. The molecule has 1 nitrogen and oxygen atoms in total. The molecule has 3 rings (SSSR count). The summed E-state index contributed by atoms with van der Waals surface area (Å²) in [5, 5.41) is 0. The molecule has 0 amide bonds. The van der Waals surface area contributed by atoms with Crippen molar-refractivity contribution in [2.24, 2.45) is 17.8 Å². The molecular formula is C29H46F2O. The largest absolute Gasteiger partial charge is 0.475 e. The predicted octanol–water partition coefficient (Wildman–Crippen LogP) is 9.30. The van der Waals surface area contributed by atoms with Gasteiger partial charge in [-0.2, -0.15) is 4.39 Å². The van der Waals surface area contributed by atoms with Gasteiger partial charge in [-0.3, -0.25) is 0 Å². The summed E-state index contributed by atoms with van der Waals surface area (Å²) in [5.41, 5.74) is 0.517. The van der Waals surface area contributed by atoms with Gasteiger partial charge >= 0.3 is 0 Å². The van der Waals surface area contributed by atoms with E-state index in [9.17, 15) is 8.78 Å². The maximum atomic E-state index is 15.0. The molecule has 2 saturated carbocycles. The van der Waals surface area contributed by atoms with Crippen LogP contribution in [0.15, 0.2) is 12.1 Å². The Hall–Kier alpha value is -1.56. The topological polar surface area (TPSA) is 9.23 Å². The smallest absolute Gasteiger partial charge is 0.200 e. The molecule has 0 N–H and O–H groups in total. The van der Waals surface area contributed by atoms with E-state index in [0.29, 0.717) is 12.0 Å². The van der Waals surface area contributed by atoms with Gasteiger partial charge < -0.3 is 4.74 Å². The average Bonchev–Trinajstić information content (AvgIpc) is 2.82. The fourth-order valence-electron chi connectivity index (χ4n) is 6.12. The van der Waals surface area contributed by atoms with Gasteiger partial charge in [-0.05, 0) is 86.7 Å². The Balaban J connectivity index is 0.00000289. The predicted molar refractivity (Wildman–Crippen MR) is 133 cm³/mol. The molecule has 182 valence electrons. The summed E-state index contributed by atoms with van der Waals surface area (Å²) in [6.07, 6.45) is 21.1. The van der Waals surface area contributed by atoms with E-state index in [4.69, 9.17) is 11.2 Å². The van der Waals surface area contributed by atoms with Gasteiger partial charge in [0.1, 0.15) is 0 Å². The zero-order chi connectivity index (χ0) is 22.9. The zero-order valence-corrected chi connectivity index (χ0v) is 20.2. The van der Waals surface area contributed by atoms with Gasteiger partial charge in [0.05, 0.1) is 0 Å². The van der Waals surface area contributed by atoms with Crippen LogP contribution in [0.4, 0.5) is 8.78 Å². The lowest BCUT2D eigenvalue weighted by molar-refractivity contribution is 0.155. The number of rotatable bonds is 10. The SMILES string of the molecule is C#CC(CCCCC)Oc1ccc(C2CCC(C3CCC(CCC)CC3)CC2)c(F)c1F.[HH].[HH]. The molecule has 0 heterocycles. The molecule has 2 fully saturated rings. The van der Waals surface area contributed by atoms with E-state index in [1.54, 1.807) is 12.1 Å². The highest BCUT2D eigenvalue weighted by atomic mass is 19.2. The van der Waals surface area contributed by atoms with Crippen molar-refractivity contribution in [2.45, 2.75) is 116 Å². The Morgan fingerprint density at radius 1 is 0.938 bits per heavy atom. The summed E-state index contributed by atoms with van der Waals surface area (Å²) < 4.78 is 35.4. The number of unbranched alkanes of at least 4 members (excludes halogenated alkanes) is 2. The van der Waals surface area contributed by atoms with E-state index in [0.717, 1.165) is 62.7 Å². The molecule has 0 bridgehead atoms. The Bertz CT molecular complexity index is 747. The molecule has 1 atom stereocenters. The van der Waals surface area contributed by atoms with E-state index < -0.39 is 17.7 Å². The van der Waals surface area contributed by atoms with Crippen LogP contribution in [0.1, 0.15) is 118 Å². The lowest BCUT2D eigenvalue weighted by Gasteiger charge is -2.38. The van der Waals surface area contributed by atoms with Gasteiger partial charge in [-0.15, -0.1) is 6.42 Å². The fraction of sp³-hybridized carbons (Fsp3) is 0.724. The van der Waals surface area contributed by atoms with Crippen molar-refractivity contribution in [3.8, 4) is 18.1 Å². The minimum absolute atomic E-state index is 0. The van der Waals surface area contributed by atoms with E-state index in [1.165, 1.54) is 38.5 Å². The first-order chi connectivity index (χ1) is 15.6. The Kier molecular flexibility index (Phi) is 9.89. The van der Waals surface area contributed by atoms with Gasteiger partial charge in [0, 0.05) is 2.85 Å². The van der Waals surface area contributed by atoms with Crippen LogP contribution < -0.4 is 4.74 Å². The summed E-state index contributed by atoms with van der Waals surface area (Å²) in [6, 6.07) is 3.31. The van der Waals surface area contributed by atoms with Crippen LogP contribution in [0, 0.1) is 41.7 Å². The van der Waals surface area contributed by atoms with E-state index in [1.807, 2.05) is 0 Å². The van der Waals surface area contributed by atoms with E-state index in [2.05, 4.69) is 19.8 Å². The lowest BCUT2D eigenvalue weighted by Crippen LogP contribution is -2.25. The van der Waals surface area contributed by atoms with Crippen LogP contribution in [0.3, 0.4) is 0 Å². The molecule has 2 aliphatic rings. The molecule has 0 spiro atoms. The van der Waals surface area contributed by atoms with Gasteiger partial charge in [0.2, 0.25) is 5.82 Å². The highest BCUT2D eigenvalue weighted by molar-refractivity contribution is 5.34. The second-order valence-corrected chi connectivity index (χ2v) is 10.2. The molecule has 0 radical (unpaired) electrons. The van der Waals surface area contributed by atoms with Crippen molar-refractivity contribution < 1.29 is 16.4 Å². The lowest BCUT2D eigenvalue weighted by atomic mass is 9.68. The Labute approximate surface area is 197 Å². The molecule has 0 aliphatic heterocycles. The van der Waals surface area contributed by atoms with Crippen LogP contribution >= 0.6 is 0 Å². The monoisotopic (exact) mass is 448 g/mol. The van der Waals surface area contributed by atoms with Crippen molar-refractivity contribution >= 4 is 0 Å². The molecule has 1 aromatic carbocycles. The number of hydrogen-bond donors (Lipinski definition) is 0. The van der Waals surface area contributed by atoms with Crippen LogP contribution in [-0.2, 0) is 0 Å². The number of ether oxygens (including phenoxy) is 1. The standard InChI is InChI=1S/C29H42F2O.2H2/c1-4-7-8-10-25(6-3)32-27-20-19-26(28(30)29(27)31)24-17-15-23(16-18-24)22-13-11-21(9-5-2)12-14-22;;/h3,19-25H,4-5,7-18H2,1-2H3;2*1H. The number of terminal acetylenes is 1. The highest BCUT2D eigenvalue weighted by Gasteiger charge is 2.32. The first kappa shape index (κ1) is 25.1. The van der Waals surface area contributed by atoms with Crippen molar-refractivity contribution in [3.63, 3.8) is 0 Å². The normalized spacial score (nSPS) is 27.0. The number of halogens is 2. The third-order valence-electron chi connectivity index (χ3n) is 8.07. The van der Waals surface area contributed by atoms with Gasteiger partial charge in [-0.25, -0.2) is 4.39 Å². The van der Waals surface area contributed by atoms with Gasteiger partial charge in [0.15, 0.2) is 17.7 Å². The second kappa shape index (κ2) is 12.6. The molecule has 1 unspecified atom stereocenters. The van der Waals surface area contributed by atoms with Crippen LogP contribution in [0.5, 0.6) is 5.75 Å². The fourth-order valence-corrected chi connectivity index (χ4v) is 6.12. The van der Waals surface area contributed by atoms with Crippen molar-refractivity contribution in [3.05, 3.63) is 29.3 Å². The minimum Gasteiger partial charge on any atom is -0.475 e. The van der Waals surface area contributed by atoms with Crippen molar-refractivity contribution in [1.29, 1.82) is 0 Å². The van der Waals surface area contributed by atoms with Crippen molar-refractivity contribution in [2.75, 3.05) is 0 Å². The van der Waals surface area contributed by atoms with Gasteiger partial charge in [-0.1, -0.05) is 64.4 Å². The maximum Gasteiger partial charge on any atom is 0.200 e. The summed E-state index contributed by atoms with van der Waals surface area (Å²) in [7, 11) is 0. The number of benzene rings is 1. The van der Waals surface area contributed by atoms with Crippen LogP contribution in [-0.4, -0.2) is 6.10 Å². The molecule has 3 heteroatoms. The summed E-state index contributed by atoms with van der Waals surface area (Å²) in [4.78, 5) is 0. The molecule has 1 aromatic rings. The van der Waals surface area contributed by atoms with E-state index in [-0.39, 0.29) is 14.5 Å².